The van der Waals surface area contributed by atoms with Crippen molar-refractivity contribution in [1.29, 1.82) is 0 Å². The van der Waals surface area contributed by atoms with E-state index in [4.69, 9.17) is 0 Å². The van der Waals surface area contributed by atoms with Crippen molar-refractivity contribution < 1.29 is 5.11 Å². The summed E-state index contributed by atoms with van der Waals surface area (Å²) in [6, 6.07) is 12.0. The Kier molecular flexibility index (Phi) is 4.39. The fraction of sp³-hybridized carbons (Fsp3) is 0.444. The summed E-state index contributed by atoms with van der Waals surface area (Å²) in [6.07, 6.45) is 1.56. The molecule has 1 saturated heterocycles. The van der Waals surface area contributed by atoms with Gasteiger partial charge < -0.3 is 10.0 Å². The first-order valence-corrected chi connectivity index (χ1v) is 7.94. The molecule has 0 radical (unpaired) electrons. The maximum absolute atomic E-state index is 10.5. The van der Waals surface area contributed by atoms with Crippen LogP contribution < -0.4 is 4.90 Å². The first-order valence-electron chi connectivity index (χ1n) is 7.94. The Labute approximate surface area is 131 Å². The molecule has 1 aromatic heterocycles. The van der Waals surface area contributed by atoms with Gasteiger partial charge in [0.1, 0.15) is 0 Å². The van der Waals surface area contributed by atoms with Gasteiger partial charge in [-0.2, -0.15) is 0 Å². The summed E-state index contributed by atoms with van der Waals surface area (Å²) < 4.78 is 0. The van der Waals surface area contributed by atoms with Crippen LogP contribution >= 0.6 is 0 Å². The molecule has 1 aliphatic rings. The van der Waals surface area contributed by atoms with Gasteiger partial charge in [-0.1, -0.05) is 30.3 Å². The number of piperidine rings is 1. The van der Waals surface area contributed by atoms with Gasteiger partial charge in [-0.15, -0.1) is 0 Å². The number of hydrogen-bond acceptors (Lipinski definition) is 4. The zero-order valence-corrected chi connectivity index (χ0v) is 13.2. The summed E-state index contributed by atoms with van der Waals surface area (Å²) in [7, 11) is 0. The van der Waals surface area contributed by atoms with Crippen LogP contribution in [0.3, 0.4) is 0 Å². The largest absolute Gasteiger partial charge is 0.388 e. The van der Waals surface area contributed by atoms with Gasteiger partial charge in [0.15, 0.2) is 0 Å². The first kappa shape index (κ1) is 15.0. The van der Waals surface area contributed by atoms with Crippen molar-refractivity contribution >= 4 is 5.95 Å². The van der Waals surface area contributed by atoms with E-state index in [-0.39, 0.29) is 6.10 Å². The molecule has 2 aromatic rings. The second-order valence-corrected chi connectivity index (χ2v) is 6.13. The van der Waals surface area contributed by atoms with Crippen LogP contribution in [0.25, 0.3) is 0 Å². The lowest BCUT2D eigenvalue weighted by molar-refractivity contribution is 0.0927. The van der Waals surface area contributed by atoms with Gasteiger partial charge in [0, 0.05) is 24.5 Å². The van der Waals surface area contributed by atoms with Crippen molar-refractivity contribution in [2.24, 2.45) is 5.92 Å². The van der Waals surface area contributed by atoms with E-state index in [2.05, 4.69) is 14.9 Å². The lowest BCUT2D eigenvalue weighted by Gasteiger charge is -2.34. The van der Waals surface area contributed by atoms with Crippen molar-refractivity contribution in [3.8, 4) is 0 Å². The Balaban J connectivity index is 1.65. The summed E-state index contributed by atoms with van der Waals surface area (Å²) in [6.45, 7) is 5.81. The minimum absolute atomic E-state index is 0.310. The van der Waals surface area contributed by atoms with Gasteiger partial charge in [0.2, 0.25) is 5.95 Å². The van der Waals surface area contributed by atoms with Gasteiger partial charge in [-0.25, -0.2) is 9.97 Å². The average Bonchev–Trinajstić information content (AvgIpc) is 2.54. The molecule has 0 aliphatic carbocycles. The van der Waals surface area contributed by atoms with Crippen LogP contribution in [0.5, 0.6) is 0 Å². The van der Waals surface area contributed by atoms with Crippen molar-refractivity contribution in [3.05, 3.63) is 53.3 Å². The molecule has 1 atom stereocenters. The number of anilines is 1. The predicted molar refractivity (Wildman–Crippen MR) is 87.8 cm³/mol. The van der Waals surface area contributed by atoms with Crippen molar-refractivity contribution in [1.82, 2.24) is 9.97 Å². The first-order chi connectivity index (χ1) is 10.6. The highest BCUT2D eigenvalue weighted by molar-refractivity contribution is 5.33. The summed E-state index contributed by atoms with van der Waals surface area (Å²) in [4.78, 5) is 11.3. The predicted octanol–water partition coefficient (Wildman–Crippen LogP) is 3.04. The maximum atomic E-state index is 10.5. The fourth-order valence-corrected chi connectivity index (χ4v) is 3.19. The van der Waals surface area contributed by atoms with E-state index < -0.39 is 0 Å². The van der Waals surface area contributed by atoms with E-state index in [1.807, 2.05) is 50.2 Å². The molecule has 116 valence electrons. The van der Waals surface area contributed by atoms with Crippen LogP contribution in [0.1, 0.15) is 35.9 Å². The van der Waals surface area contributed by atoms with E-state index >= 15 is 0 Å². The zero-order valence-electron chi connectivity index (χ0n) is 13.2. The molecule has 0 unspecified atom stereocenters. The Hall–Kier alpha value is -1.94. The number of hydrogen-bond donors (Lipinski definition) is 1. The number of nitrogens with zero attached hydrogens (tertiary/aromatic N) is 3. The van der Waals surface area contributed by atoms with E-state index in [9.17, 15) is 5.11 Å². The van der Waals surface area contributed by atoms with Gasteiger partial charge in [-0.05, 0) is 44.2 Å². The third kappa shape index (κ3) is 3.28. The second-order valence-electron chi connectivity index (χ2n) is 6.13. The van der Waals surface area contributed by atoms with Crippen molar-refractivity contribution in [2.45, 2.75) is 32.8 Å². The monoisotopic (exact) mass is 297 g/mol. The van der Waals surface area contributed by atoms with Gasteiger partial charge in [0.25, 0.3) is 0 Å². The number of aryl methyl sites for hydroxylation is 2. The minimum Gasteiger partial charge on any atom is -0.388 e. The molecule has 3 rings (SSSR count). The molecule has 4 heteroatoms. The molecule has 1 fully saturated rings. The third-order valence-corrected chi connectivity index (χ3v) is 4.38. The lowest BCUT2D eigenvalue weighted by Crippen LogP contribution is -2.36. The number of aliphatic hydroxyl groups is 1. The number of benzene rings is 1. The SMILES string of the molecule is Cc1cc(C)nc(N2CCC([C@H](O)c3ccccc3)CC2)n1. The van der Waals surface area contributed by atoms with Crippen LogP contribution in [-0.2, 0) is 0 Å². The molecule has 1 aliphatic heterocycles. The molecule has 1 aromatic carbocycles. The van der Waals surface area contributed by atoms with Gasteiger partial charge in [-0.3, -0.25) is 0 Å². The summed E-state index contributed by atoms with van der Waals surface area (Å²) >= 11 is 0. The minimum atomic E-state index is -0.372. The molecule has 4 nitrogen and oxygen atoms in total. The van der Waals surface area contributed by atoms with Crippen LogP contribution in [0.15, 0.2) is 36.4 Å². The maximum Gasteiger partial charge on any atom is 0.225 e. The lowest BCUT2D eigenvalue weighted by atomic mass is 9.87. The molecule has 0 saturated carbocycles. The van der Waals surface area contributed by atoms with Crippen LogP contribution in [0.4, 0.5) is 5.95 Å². The quantitative estimate of drug-likeness (QED) is 0.946. The van der Waals surface area contributed by atoms with Gasteiger partial charge >= 0.3 is 0 Å². The molecule has 0 spiro atoms. The summed E-state index contributed by atoms with van der Waals surface area (Å²) in [5, 5.41) is 10.5. The number of rotatable bonds is 3. The summed E-state index contributed by atoms with van der Waals surface area (Å²) in [5.41, 5.74) is 3.03. The molecular weight excluding hydrogens is 274 g/mol. The smallest absolute Gasteiger partial charge is 0.225 e. The van der Waals surface area contributed by atoms with E-state index in [1.54, 1.807) is 0 Å². The fourth-order valence-electron chi connectivity index (χ4n) is 3.19. The Morgan fingerprint density at radius 1 is 1.05 bits per heavy atom. The Morgan fingerprint density at radius 2 is 1.64 bits per heavy atom. The molecule has 0 bridgehead atoms. The van der Waals surface area contributed by atoms with Crippen molar-refractivity contribution in [3.63, 3.8) is 0 Å². The highest BCUT2D eigenvalue weighted by Gasteiger charge is 2.27. The van der Waals surface area contributed by atoms with Crippen LogP contribution in [0.2, 0.25) is 0 Å². The number of aliphatic hydroxyl groups excluding tert-OH is 1. The summed E-state index contributed by atoms with van der Waals surface area (Å²) in [5.74, 6) is 1.13. The van der Waals surface area contributed by atoms with E-state index in [0.29, 0.717) is 5.92 Å². The molecule has 0 amide bonds. The van der Waals surface area contributed by atoms with Gasteiger partial charge in [0.05, 0.1) is 6.10 Å². The zero-order chi connectivity index (χ0) is 15.5. The average molecular weight is 297 g/mol. The third-order valence-electron chi connectivity index (χ3n) is 4.38. The van der Waals surface area contributed by atoms with Crippen molar-refractivity contribution in [2.75, 3.05) is 18.0 Å². The second kappa shape index (κ2) is 6.44. The molecule has 2 heterocycles. The van der Waals surface area contributed by atoms with E-state index in [0.717, 1.165) is 48.8 Å². The normalized spacial score (nSPS) is 17.5. The van der Waals surface area contributed by atoms with Crippen LogP contribution in [0, 0.1) is 19.8 Å². The molecular formula is C18H23N3O. The number of aromatic nitrogens is 2. The highest BCUT2D eigenvalue weighted by atomic mass is 16.3. The standard InChI is InChI=1S/C18H23N3O/c1-13-12-14(2)20-18(19-13)21-10-8-16(9-11-21)17(22)15-6-4-3-5-7-15/h3-7,12,16-17,22H,8-11H2,1-2H3/t17-/m1/s1. The molecule has 1 N–H and O–H groups in total. The Morgan fingerprint density at radius 3 is 2.23 bits per heavy atom. The topological polar surface area (TPSA) is 49.2 Å². The highest BCUT2D eigenvalue weighted by Crippen LogP contribution is 2.31. The van der Waals surface area contributed by atoms with E-state index in [1.165, 1.54) is 0 Å². The Bertz CT molecular complexity index is 601. The van der Waals surface area contributed by atoms with Crippen LogP contribution in [-0.4, -0.2) is 28.2 Å². The molecule has 22 heavy (non-hydrogen) atoms.